The highest BCUT2D eigenvalue weighted by Crippen LogP contribution is 2.20. The molecule has 15 heavy (non-hydrogen) atoms. The van der Waals surface area contributed by atoms with Gasteiger partial charge in [0.2, 0.25) is 0 Å². The fourth-order valence-corrected chi connectivity index (χ4v) is 2.02. The van der Waals surface area contributed by atoms with E-state index in [0.717, 1.165) is 5.56 Å². The molecule has 84 valence electrons. The average molecular weight is 249 g/mol. The Labute approximate surface area is 94.4 Å². The number of hydrogen-bond acceptors (Lipinski definition) is 3. The highest BCUT2D eigenvalue weighted by atomic mass is 35.7. The first-order chi connectivity index (χ1) is 6.95. The Kier molecular flexibility index (Phi) is 4.13. The molecule has 1 atom stereocenters. The third kappa shape index (κ3) is 3.48. The maximum absolute atomic E-state index is 11.0. The Balaban J connectivity index is 2.90. The van der Waals surface area contributed by atoms with Gasteiger partial charge in [-0.1, -0.05) is 12.1 Å². The van der Waals surface area contributed by atoms with Crippen molar-refractivity contribution in [1.29, 1.82) is 0 Å². The molecule has 0 saturated heterocycles. The molecule has 0 aliphatic heterocycles. The van der Waals surface area contributed by atoms with Crippen LogP contribution >= 0.6 is 10.7 Å². The highest BCUT2D eigenvalue weighted by Gasteiger charge is 2.10. The molecule has 0 unspecified atom stereocenters. The molecular weight excluding hydrogens is 236 g/mol. The summed E-state index contributed by atoms with van der Waals surface area (Å²) in [5.74, 6) is 0. The minimum atomic E-state index is -3.63. The first-order valence-corrected chi connectivity index (χ1v) is 6.92. The molecule has 3 nitrogen and oxygen atoms in total. The Morgan fingerprint density at radius 1 is 1.33 bits per heavy atom. The van der Waals surface area contributed by atoms with Crippen molar-refractivity contribution in [3.05, 3.63) is 29.8 Å². The Morgan fingerprint density at radius 3 is 2.27 bits per heavy atom. The number of halogens is 1. The number of ether oxygens (including phenoxy) is 1. The van der Waals surface area contributed by atoms with Gasteiger partial charge in [-0.05, 0) is 31.5 Å². The number of benzene rings is 1. The molecule has 0 aliphatic rings. The van der Waals surface area contributed by atoms with Crippen LogP contribution in [-0.4, -0.2) is 15.0 Å². The zero-order valence-electron chi connectivity index (χ0n) is 8.60. The summed E-state index contributed by atoms with van der Waals surface area (Å²) in [6.07, 6.45) is -0.0397. The molecule has 0 aromatic heterocycles. The van der Waals surface area contributed by atoms with Crippen LogP contribution in [0.4, 0.5) is 0 Å². The van der Waals surface area contributed by atoms with Gasteiger partial charge in [0.25, 0.3) is 9.05 Å². The Hall–Kier alpha value is -0.580. The van der Waals surface area contributed by atoms with E-state index >= 15 is 0 Å². The van der Waals surface area contributed by atoms with Crippen LogP contribution in [0.1, 0.15) is 25.5 Å². The molecule has 1 aromatic rings. The summed E-state index contributed by atoms with van der Waals surface area (Å²) in [6, 6.07) is 6.37. The summed E-state index contributed by atoms with van der Waals surface area (Å²) in [7, 11) is 1.57. The van der Waals surface area contributed by atoms with E-state index < -0.39 is 9.05 Å². The zero-order valence-corrected chi connectivity index (χ0v) is 10.2. The normalized spacial score (nSPS) is 13.8. The van der Waals surface area contributed by atoms with Crippen LogP contribution in [-0.2, 0) is 13.8 Å². The molecule has 1 rings (SSSR count). The standard InChI is InChI=1S/C10H13ClO3S/c1-3-14-8(2)9-4-6-10(7-5-9)15(11,12)13/h4-8H,3H2,1-2H3/t8-/m0/s1. The van der Waals surface area contributed by atoms with Crippen LogP contribution in [0.25, 0.3) is 0 Å². The molecule has 0 saturated carbocycles. The highest BCUT2D eigenvalue weighted by molar-refractivity contribution is 8.13. The molecule has 1 aromatic carbocycles. The Bertz CT molecular complexity index is 411. The lowest BCUT2D eigenvalue weighted by Crippen LogP contribution is -2.00. The van der Waals surface area contributed by atoms with Crippen molar-refractivity contribution < 1.29 is 13.2 Å². The predicted molar refractivity (Wildman–Crippen MR) is 59.5 cm³/mol. The second kappa shape index (κ2) is 4.96. The van der Waals surface area contributed by atoms with E-state index in [1.54, 1.807) is 12.1 Å². The van der Waals surface area contributed by atoms with Crippen LogP contribution < -0.4 is 0 Å². The first kappa shape index (κ1) is 12.5. The quantitative estimate of drug-likeness (QED) is 0.770. The van der Waals surface area contributed by atoms with Gasteiger partial charge in [0.15, 0.2) is 0 Å². The van der Waals surface area contributed by atoms with E-state index in [9.17, 15) is 8.42 Å². The lowest BCUT2D eigenvalue weighted by Gasteiger charge is -2.11. The monoisotopic (exact) mass is 248 g/mol. The van der Waals surface area contributed by atoms with Gasteiger partial charge < -0.3 is 4.74 Å². The largest absolute Gasteiger partial charge is 0.374 e. The molecule has 0 bridgehead atoms. The van der Waals surface area contributed by atoms with Crippen LogP contribution in [0, 0.1) is 0 Å². The third-order valence-corrected chi connectivity index (χ3v) is 3.42. The molecule has 0 radical (unpaired) electrons. The summed E-state index contributed by atoms with van der Waals surface area (Å²) in [4.78, 5) is 0.108. The van der Waals surface area contributed by atoms with Crippen molar-refractivity contribution in [1.82, 2.24) is 0 Å². The van der Waals surface area contributed by atoms with E-state index in [-0.39, 0.29) is 11.0 Å². The lowest BCUT2D eigenvalue weighted by atomic mass is 10.1. The van der Waals surface area contributed by atoms with Gasteiger partial charge in [-0.3, -0.25) is 0 Å². The smallest absolute Gasteiger partial charge is 0.261 e. The van der Waals surface area contributed by atoms with Crippen molar-refractivity contribution in [3.8, 4) is 0 Å². The minimum Gasteiger partial charge on any atom is -0.374 e. The summed E-state index contributed by atoms with van der Waals surface area (Å²) >= 11 is 0. The molecule has 5 heteroatoms. The summed E-state index contributed by atoms with van der Waals surface area (Å²) in [6.45, 7) is 4.44. The van der Waals surface area contributed by atoms with Crippen LogP contribution in [0.2, 0.25) is 0 Å². The van der Waals surface area contributed by atoms with Gasteiger partial charge >= 0.3 is 0 Å². The average Bonchev–Trinajstić information content (AvgIpc) is 2.17. The van der Waals surface area contributed by atoms with E-state index in [2.05, 4.69) is 0 Å². The van der Waals surface area contributed by atoms with Gasteiger partial charge in [-0.15, -0.1) is 0 Å². The molecule has 0 spiro atoms. The zero-order chi connectivity index (χ0) is 11.5. The van der Waals surface area contributed by atoms with Crippen molar-refractivity contribution in [2.45, 2.75) is 24.8 Å². The first-order valence-electron chi connectivity index (χ1n) is 4.61. The third-order valence-electron chi connectivity index (χ3n) is 2.05. The van der Waals surface area contributed by atoms with Gasteiger partial charge in [-0.25, -0.2) is 8.42 Å². The minimum absolute atomic E-state index is 0.0397. The fraction of sp³-hybridized carbons (Fsp3) is 0.400. The molecule has 0 aliphatic carbocycles. The second-order valence-corrected chi connectivity index (χ2v) is 5.67. The maximum atomic E-state index is 11.0. The molecular formula is C10H13ClO3S. The molecule has 0 heterocycles. The van der Waals surface area contributed by atoms with Crippen LogP contribution in [0.3, 0.4) is 0 Å². The topological polar surface area (TPSA) is 43.4 Å². The number of rotatable bonds is 4. The van der Waals surface area contributed by atoms with Gasteiger partial charge in [0.1, 0.15) is 0 Å². The predicted octanol–water partition coefficient (Wildman–Crippen LogP) is 2.71. The van der Waals surface area contributed by atoms with Gasteiger partial charge in [-0.2, -0.15) is 0 Å². The van der Waals surface area contributed by atoms with Crippen LogP contribution in [0.15, 0.2) is 29.2 Å². The van der Waals surface area contributed by atoms with E-state index in [1.165, 1.54) is 12.1 Å². The lowest BCUT2D eigenvalue weighted by molar-refractivity contribution is 0.0763. The van der Waals surface area contributed by atoms with E-state index in [4.69, 9.17) is 15.4 Å². The van der Waals surface area contributed by atoms with Crippen molar-refractivity contribution >= 4 is 19.7 Å². The van der Waals surface area contributed by atoms with Gasteiger partial charge in [0.05, 0.1) is 11.0 Å². The van der Waals surface area contributed by atoms with Crippen molar-refractivity contribution in [2.24, 2.45) is 0 Å². The summed E-state index contributed by atoms with van der Waals surface area (Å²) in [5, 5.41) is 0. The van der Waals surface area contributed by atoms with E-state index in [1.807, 2.05) is 13.8 Å². The molecule has 0 fully saturated rings. The second-order valence-electron chi connectivity index (χ2n) is 3.10. The summed E-state index contributed by atoms with van der Waals surface area (Å²) < 4.78 is 27.3. The fourth-order valence-electron chi connectivity index (χ4n) is 1.25. The SMILES string of the molecule is CCO[C@@H](C)c1ccc(S(=O)(=O)Cl)cc1. The number of hydrogen-bond donors (Lipinski definition) is 0. The molecule has 0 N–H and O–H groups in total. The summed E-state index contributed by atoms with van der Waals surface area (Å²) in [5.41, 5.74) is 0.931. The van der Waals surface area contributed by atoms with E-state index in [0.29, 0.717) is 6.61 Å². The molecule has 0 amide bonds. The van der Waals surface area contributed by atoms with Crippen molar-refractivity contribution in [2.75, 3.05) is 6.61 Å². The Morgan fingerprint density at radius 2 is 1.87 bits per heavy atom. The maximum Gasteiger partial charge on any atom is 0.261 e. The van der Waals surface area contributed by atoms with Crippen molar-refractivity contribution in [3.63, 3.8) is 0 Å². The van der Waals surface area contributed by atoms with Gasteiger partial charge in [0, 0.05) is 17.3 Å². The van der Waals surface area contributed by atoms with Crippen LogP contribution in [0.5, 0.6) is 0 Å².